The van der Waals surface area contributed by atoms with Crippen molar-refractivity contribution in [2.75, 3.05) is 5.32 Å². The number of carboxylic acid groups (broad SMARTS) is 1. The van der Waals surface area contributed by atoms with Gasteiger partial charge in [0.2, 0.25) is 5.13 Å². The Hall–Kier alpha value is -1.17. The molecule has 0 aliphatic heterocycles. The fraction of sp³-hybridized carbons (Fsp3) is 0.667. The van der Waals surface area contributed by atoms with E-state index >= 15 is 0 Å². The molecule has 0 aromatic carbocycles. The average molecular weight is 229 g/mol. The third-order valence-electron chi connectivity index (χ3n) is 2.27. The maximum atomic E-state index is 10.7. The normalized spacial score (nSPS) is 14.6. The molecule has 0 bridgehead atoms. The van der Waals surface area contributed by atoms with Crippen molar-refractivity contribution in [3.8, 4) is 0 Å². The number of carbonyl (C=O) groups is 1. The Morgan fingerprint density at radius 2 is 2.27 bits per heavy atom. The zero-order chi connectivity index (χ0) is 11.4. The van der Waals surface area contributed by atoms with E-state index in [1.165, 1.54) is 11.5 Å². The molecule has 2 N–H and O–H groups in total. The molecule has 1 aromatic heterocycles. The maximum Gasteiger partial charge on any atom is 0.308 e. The zero-order valence-electron chi connectivity index (χ0n) is 9.02. The van der Waals surface area contributed by atoms with Gasteiger partial charge in [-0.1, -0.05) is 6.92 Å². The van der Waals surface area contributed by atoms with Gasteiger partial charge in [-0.15, -0.1) is 0 Å². The lowest BCUT2D eigenvalue weighted by molar-refractivity contribution is -0.141. The number of aryl methyl sites for hydroxylation is 1. The van der Waals surface area contributed by atoms with E-state index in [0.29, 0.717) is 5.13 Å². The maximum absolute atomic E-state index is 10.7. The van der Waals surface area contributed by atoms with Crippen molar-refractivity contribution < 1.29 is 9.90 Å². The van der Waals surface area contributed by atoms with Crippen molar-refractivity contribution in [3.05, 3.63) is 5.82 Å². The molecule has 15 heavy (non-hydrogen) atoms. The molecule has 2 unspecified atom stereocenters. The lowest BCUT2D eigenvalue weighted by Crippen LogP contribution is -2.29. The third kappa shape index (κ3) is 3.16. The van der Waals surface area contributed by atoms with Crippen molar-refractivity contribution in [1.29, 1.82) is 0 Å². The van der Waals surface area contributed by atoms with Crippen molar-refractivity contribution in [3.63, 3.8) is 0 Å². The van der Waals surface area contributed by atoms with Crippen molar-refractivity contribution in [1.82, 2.24) is 9.36 Å². The first-order chi connectivity index (χ1) is 7.04. The standard InChI is InChI=1S/C9H15N3O2S/c1-4-7-11-9(15-12-7)10-6(3)5(2)8(13)14/h5-6H,4H2,1-3H3,(H,13,14)(H,10,11,12). The number of hydrogen-bond acceptors (Lipinski definition) is 5. The Labute approximate surface area is 92.7 Å². The van der Waals surface area contributed by atoms with Crippen LogP contribution in [0.1, 0.15) is 26.6 Å². The highest BCUT2D eigenvalue weighted by Gasteiger charge is 2.20. The second-order valence-corrected chi connectivity index (χ2v) is 4.18. The Balaban J connectivity index is 2.57. The summed E-state index contributed by atoms with van der Waals surface area (Å²) in [4.78, 5) is 14.9. The number of carboxylic acids is 1. The van der Waals surface area contributed by atoms with Gasteiger partial charge in [0, 0.05) is 24.0 Å². The largest absolute Gasteiger partial charge is 0.481 e. The van der Waals surface area contributed by atoms with Crippen molar-refractivity contribution in [2.24, 2.45) is 5.92 Å². The molecule has 1 heterocycles. The summed E-state index contributed by atoms with van der Waals surface area (Å²) in [7, 11) is 0. The summed E-state index contributed by atoms with van der Waals surface area (Å²) in [5.74, 6) is -0.466. The average Bonchev–Trinajstić information content (AvgIpc) is 2.64. The second-order valence-electron chi connectivity index (χ2n) is 3.43. The van der Waals surface area contributed by atoms with Gasteiger partial charge < -0.3 is 10.4 Å². The summed E-state index contributed by atoms with van der Waals surface area (Å²) >= 11 is 1.27. The molecule has 0 radical (unpaired) electrons. The summed E-state index contributed by atoms with van der Waals surface area (Å²) in [6, 6.07) is -0.153. The third-order valence-corrected chi connectivity index (χ3v) is 2.96. The quantitative estimate of drug-likeness (QED) is 0.802. The van der Waals surface area contributed by atoms with Crippen LogP contribution in [-0.2, 0) is 11.2 Å². The van der Waals surface area contributed by atoms with E-state index in [-0.39, 0.29) is 6.04 Å². The van der Waals surface area contributed by atoms with Crippen LogP contribution < -0.4 is 5.32 Å². The molecule has 0 saturated carbocycles. The van der Waals surface area contributed by atoms with E-state index in [1.807, 2.05) is 13.8 Å². The smallest absolute Gasteiger partial charge is 0.308 e. The van der Waals surface area contributed by atoms with Crippen LogP contribution in [0.4, 0.5) is 5.13 Å². The highest BCUT2D eigenvalue weighted by atomic mass is 32.1. The summed E-state index contributed by atoms with van der Waals surface area (Å²) < 4.78 is 4.11. The molecule has 0 saturated heterocycles. The molecule has 84 valence electrons. The zero-order valence-corrected chi connectivity index (χ0v) is 9.84. The predicted molar refractivity (Wildman–Crippen MR) is 59.2 cm³/mol. The van der Waals surface area contributed by atoms with E-state index in [0.717, 1.165) is 12.2 Å². The van der Waals surface area contributed by atoms with Gasteiger partial charge in [0.1, 0.15) is 5.82 Å². The molecular formula is C9H15N3O2S. The Kier molecular flexibility index (Phi) is 4.02. The first-order valence-corrected chi connectivity index (χ1v) is 5.63. The van der Waals surface area contributed by atoms with Gasteiger partial charge in [-0.05, 0) is 13.8 Å². The molecule has 0 aliphatic rings. The topological polar surface area (TPSA) is 75.1 Å². The van der Waals surface area contributed by atoms with E-state index in [4.69, 9.17) is 5.11 Å². The van der Waals surface area contributed by atoms with Crippen LogP contribution in [0.3, 0.4) is 0 Å². The van der Waals surface area contributed by atoms with E-state index in [2.05, 4.69) is 14.7 Å². The minimum absolute atomic E-state index is 0.153. The van der Waals surface area contributed by atoms with E-state index < -0.39 is 11.9 Å². The molecule has 6 heteroatoms. The minimum atomic E-state index is -0.810. The lowest BCUT2D eigenvalue weighted by atomic mass is 10.1. The minimum Gasteiger partial charge on any atom is -0.481 e. The van der Waals surface area contributed by atoms with Gasteiger partial charge in [0.05, 0.1) is 5.92 Å². The SMILES string of the molecule is CCc1nsc(NC(C)C(C)C(=O)O)n1. The summed E-state index contributed by atoms with van der Waals surface area (Å²) in [5, 5.41) is 12.5. The van der Waals surface area contributed by atoms with Crippen molar-refractivity contribution >= 4 is 22.6 Å². The van der Waals surface area contributed by atoms with Gasteiger partial charge in [-0.2, -0.15) is 4.37 Å². The molecule has 0 fully saturated rings. The lowest BCUT2D eigenvalue weighted by Gasteiger charge is -2.16. The van der Waals surface area contributed by atoms with Crippen LogP contribution in [-0.4, -0.2) is 26.5 Å². The van der Waals surface area contributed by atoms with Gasteiger partial charge >= 0.3 is 5.97 Å². The molecule has 0 amide bonds. The van der Waals surface area contributed by atoms with Gasteiger partial charge in [-0.3, -0.25) is 4.79 Å². The fourth-order valence-electron chi connectivity index (χ4n) is 0.990. The highest BCUT2D eigenvalue weighted by Crippen LogP contribution is 2.15. The summed E-state index contributed by atoms with van der Waals surface area (Å²) in [6.07, 6.45) is 0.793. The number of aliphatic carboxylic acids is 1. The number of nitrogens with one attached hydrogen (secondary N) is 1. The summed E-state index contributed by atoms with van der Waals surface area (Å²) in [6.45, 7) is 5.47. The van der Waals surface area contributed by atoms with E-state index in [1.54, 1.807) is 6.92 Å². The Bertz CT molecular complexity index is 340. The molecule has 2 atom stereocenters. The monoisotopic (exact) mass is 229 g/mol. The van der Waals surface area contributed by atoms with Crippen LogP contribution >= 0.6 is 11.5 Å². The van der Waals surface area contributed by atoms with Crippen LogP contribution in [0.5, 0.6) is 0 Å². The number of aromatic nitrogens is 2. The predicted octanol–water partition coefficient (Wildman–Crippen LogP) is 1.62. The molecular weight excluding hydrogens is 214 g/mol. The molecule has 1 aromatic rings. The van der Waals surface area contributed by atoms with Crippen LogP contribution in [0.2, 0.25) is 0 Å². The second kappa shape index (κ2) is 5.06. The first-order valence-electron chi connectivity index (χ1n) is 4.86. The molecule has 1 rings (SSSR count). The number of rotatable bonds is 5. The fourth-order valence-corrected chi connectivity index (χ4v) is 1.74. The Morgan fingerprint density at radius 3 is 2.73 bits per heavy atom. The molecule has 0 spiro atoms. The molecule has 5 nitrogen and oxygen atoms in total. The van der Waals surface area contributed by atoms with Crippen LogP contribution in [0.15, 0.2) is 0 Å². The van der Waals surface area contributed by atoms with Gasteiger partial charge in [-0.25, -0.2) is 4.98 Å². The molecule has 0 aliphatic carbocycles. The van der Waals surface area contributed by atoms with Gasteiger partial charge in [0.15, 0.2) is 0 Å². The first kappa shape index (κ1) is 11.9. The number of anilines is 1. The van der Waals surface area contributed by atoms with Crippen LogP contribution in [0, 0.1) is 5.92 Å². The Morgan fingerprint density at radius 1 is 1.60 bits per heavy atom. The number of hydrogen-bond donors (Lipinski definition) is 2. The van der Waals surface area contributed by atoms with Crippen molar-refractivity contribution in [2.45, 2.75) is 33.2 Å². The van der Waals surface area contributed by atoms with Gasteiger partial charge in [0.25, 0.3) is 0 Å². The summed E-state index contributed by atoms with van der Waals surface area (Å²) in [5.41, 5.74) is 0. The van der Waals surface area contributed by atoms with Crippen LogP contribution in [0.25, 0.3) is 0 Å². The number of nitrogens with zero attached hydrogens (tertiary/aromatic N) is 2. The highest BCUT2D eigenvalue weighted by molar-refractivity contribution is 7.09. The van der Waals surface area contributed by atoms with E-state index in [9.17, 15) is 4.79 Å².